The minimum Gasteiger partial charge on any atom is -0.461 e. The topological polar surface area (TPSA) is 42.2 Å². The predicted octanol–water partition coefficient (Wildman–Crippen LogP) is 6.29. The number of benzene rings is 2. The zero-order valence-corrected chi connectivity index (χ0v) is 15.1. The molecular formula is C19H13BrF3NO2. The van der Waals surface area contributed by atoms with Crippen LogP contribution in [0.25, 0.3) is 11.3 Å². The third-order valence-corrected chi connectivity index (χ3v) is 4.30. The Bertz CT molecular complexity index is 946. The Balaban J connectivity index is 1.89. The van der Waals surface area contributed by atoms with Gasteiger partial charge >= 0.3 is 6.18 Å². The van der Waals surface area contributed by atoms with Crippen molar-refractivity contribution in [2.75, 3.05) is 5.32 Å². The molecule has 0 fully saturated rings. The van der Waals surface area contributed by atoms with Gasteiger partial charge in [-0.3, -0.25) is 4.79 Å². The summed E-state index contributed by atoms with van der Waals surface area (Å²) in [6, 6.07) is 13.6. The second-order valence-corrected chi connectivity index (χ2v) is 6.50. The highest BCUT2D eigenvalue weighted by Crippen LogP contribution is 2.35. The number of aryl methyl sites for hydroxylation is 1. The number of furan rings is 1. The van der Waals surface area contributed by atoms with E-state index in [2.05, 4.69) is 21.2 Å². The molecule has 0 aliphatic rings. The maximum Gasteiger partial charge on any atom is 0.418 e. The lowest BCUT2D eigenvalue weighted by Crippen LogP contribution is -2.16. The van der Waals surface area contributed by atoms with Crippen LogP contribution in [0.2, 0.25) is 0 Å². The van der Waals surface area contributed by atoms with E-state index < -0.39 is 17.6 Å². The average Bonchev–Trinajstić information content (AvgIpc) is 2.97. The van der Waals surface area contributed by atoms with Crippen LogP contribution >= 0.6 is 15.9 Å². The first-order valence-electron chi connectivity index (χ1n) is 7.59. The Morgan fingerprint density at radius 2 is 1.73 bits per heavy atom. The molecule has 0 radical (unpaired) electrons. The number of amides is 1. The molecule has 2 aromatic carbocycles. The highest BCUT2D eigenvalue weighted by molar-refractivity contribution is 9.10. The van der Waals surface area contributed by atoms with Crippen molar-refractivity contribution in [1.82, 2.24) is 0 Å². The Morgan fingerprint density at radius 1 is 1.08 bits per heavy atom. The van der Waals surface area contributed by atoms with Crippen molar-refractivity contribution < 1.29 is 22.4 Å². The van der Waals surface area contributed by atoms with Crippen LogP contribution in [0.5, 0.6) is 0 Å². The van der Waals surface area contributed by atoms with E-state index in [-0.39, 0.29) is 11.3 Å². The molecule has 134 valence electrons. The van der Waals surface area contributed by atoms with Crippen LogP contribution in [0.1, 0.15) is 21.7 Å². The summed E-state index contributed by atoms with van der Waals surface area (Å²) in [5, 5.41) is 2.32. The quantitative estimate of drug-likeness (QED) is 0.537. The van der Waals surface area contributed by atoms with Gasteiger partial charge in [0.25, 0.3) is 5.91 Å². The number of anilines is 1. The molecule has 3 aromatic rings. The Labute approximate surface area is 156 Å². The molecule has 0 saturated carbocycles. The van der Waals surface area contributed by atoms with Gasteiger partial charge in [-0.25, -0.2) is 0 Å². The number of carbonyl (C=O) groups excluding carboxylic acids is 1. The minimum atomic E-state index is -4.56. The predicted molar refractivity (Wildman–Crippen MR) is 96.0 cm³/mol. The van der Waals surface area contributed by atoms with Gasteiger partial charge in [-0.15, -0.1) is 0 Å². The summed E-state index contributed by atoms with van der Waals surface area (Å²) in [7, 11) is 0. The molecule has 0 aliphatic heterocycles. The van der Waals surface area contributed by atoms with Crippen LogP contribution in [0.4, 0.5) is 18.9 Å². The minimum absolute atomic E-state index is 0.180. The van der Waals surface area contributed by atoms with Gasteiger partial charge in [-0.05, 0) is 37.3 Å². The third-order valence-electron chi connectivity index (χ3n) is 3.77. The van der Waals surface area contributed by atoms with Gasteiger partial charge in [0, 0.05) is 10.0 Å². The smallest absolute Gasteiger partial charge is 0.418 e. The first-order valence-corrected chi connectivity index (χ1v) is 8.39. The Hall–Kier alpha value is -2.54. The summed E-state index contributed by atoms with van der Waals surface area (Å²) in [6.07, 6.45) is -4.56. The number of carbonyl (C=O) groups is 1. The highest BCUT2D eigenvalue weighted by Gasteiger charge is 2.33. The molecule has 7 heteroatoms. The molecule has 1 aromatic heterocycles. The molecule has 3 nitrogen and oxygen atoms in total. The van der Waals surface area contributed by atoms with Crippen molar-refractivity contribution in [1.29, 1.82) is 0 Å². The molecule has 0 saturated heterocycles. The van der Waals surface area contributed by atoms with Crippen LogP contribution in [-0.4, -0.2) is 5.91 Å². The first-order chi connectivity index (χ1) is 12.3. The van der Waals surface area contributed by atoms with Gasteiger partial charge in [0.1, 0.15) is 11.5 Å². The van der Waals surface area contributed by atoms with Crippen LogP contribution in [0.3, 0.4) is 0 Å². The third kappa shape index (κ3) is 3.83. The van der Waals surface area contributed by atoms with Crippen LogP contribution in [-0.2, 0) is 6.18 Å². The maximum atomic E-state index is 13.1. The van der Waals surface area contributed by atoms with Gasteiger partial charge in [0.15, 0.2) is 0 Å². The standard InChI is InChI=1S/C19H13BrF3NO2/c1-11-14(10-17(26-11)12-6-8-13(20)9-7-12)18(25)24-16-5-3-2-4-15(16)19(21,22)23/h2-10H,1H3,(H,24,25). The monoisotopic (exact) mass is 423 g/mol. The SMILES string of the molecule is Cc1oc(-c2ccc(Br)cc2)cc1C(=O)Nc1ccccc1C(F)(F)F. The van der Waals surface area contributed by atoms with E-state index in [1.54, 1.807) is 6.92 Å². The van der Waals surface area contributed by atoms with E-state index in [1.807, 2.05) is 24.3 Å². The molecule has 26 heavy (non-hydrogen) atoms. The number of hydrogen-bond acceptors (Lipinski definition) is 2. The largest absolute Gasteiger partial charge is 0.461 e. The molecule has 0 spiro atoms. The summed E-state index contributed by atoms with van der Waals surface area (Å²) in [6.45, 7) is 1.59. The van der Waals surface area contributed by atoms with Crippen LogP contribution in [0, 0.1) is 6.92 Å². The number of nitrogens with one attached hydrogen (secondary N) is 1. The van der Waals surface area contributed by atoms with Crippen molar-refractivity contribution in [3.63, 3.8) is 0 Å². The molecule has 3 rings (SSSR count). The molecule has 0 aliphatic carbocycles. The first kappa shape index (κ1) is 18.3. The lowest BCUT2D eigenvalue weighted by molar-refractivity contribution is -0.136. The van der Waals surface area contributed by atoms with E-state index in [1.165, 1.54) is 24.3 Å². The van der Waals surface area contributed by atoms with Gasteiger partial charge in [0.2, 0.25) is 0 Å². The van der Waals surface area contributed by atoms with Crippen LogP contribution < -0.4 is 5.32 Å². The van der Waals surface area contributed by atoms with Gasteiger partial charge in [-0.2, -0.15) is 13.2 Å². The highest BCUT2D eigenvalue weighted by atomic mass is 79.9. The van der Waals surface area contributed by atoms with E-state index in [0.717, 1.165) is 16.1 Å². The number of alkyl halides is 3. The average molecular weight is 424 g/mol. The van der Waals surface area contributed by atoms with Crippen molar-refractivity contribution in [3.05, 3.63) is 76.0 Å². The summed E-state index contributed by atoms with van der Waals surface area (Å²) in [4.78, 5) is 12.5. The van der Waals surface area contributed by atoms with Crippen molar-refractivity contribution >= 4 is 27.5 Å². The van der Waals surface area contributed by atoms with Crippen molar-refractivity contribution in [3.8, 4) is 11.3 Å². The number of hydrogen-bond donors (Lipinski definition) is 1. The van der Waals surface area contributed by atoms with Gasteiger partial charge in [0.05, 0.1) is 16.8 Å². The molecule has 0 unspecified atom stereocenters. The zero-order chi connectivity index (χ0) is 18.9. The summed E-state index contributed by atoms with van der Waals surface area (Å²) < 4.78 is 45.7. The Morgan fingerprint density at radius 3 is 2.38 bits per heavy atom. The summed E-state index contributed by atoms with van der Waals surface area (Å²) in [5.74, 6) is 0.125. The fourth-order valence-electron chi connectivity index (χ4n) is 2.49. The van der Waals surface area contributed by atoms with E-state index in [9.17, 15) is 18.0 Å². The fraction of sp³-hybridized carbons (Fsp3) is 0.105. The maximum absolute atomic E-state index is 13.1. The lowest BCUT2D eigenvalue weighted by Gasteiger charge is -2.13. The second-order valence-electron chi connectivity index (χ2n) is 5.58. The molecule has 1 heterocycles. The van der Waals surface area contributed by atoms with E-state index in [0.29, 0.717) is 11.5 Å². The van der Waals surface area contributed by atoms with Gasteiger partial charge in [-0.1, -0.05) is 40.2 Å². The van der Waals surface area contributed by atoms with Gasteiger partial charge < -0.3 is 9.73 Å². The molecule has 0 atom stereocenters. The number of rotatable bonds is 3. The Kier molecular flexibility index (Phi) is 4.91. The van der Waals surface area contributed by atoms with Crippen molar-refractivity contribution in [2.45, 2.75) is 13.1 Å². The van der Waals surface area contributed by atoms with Crippen molar-refractivity contribution in [2.24, 2.45) is 0 Å². The number of para-hydroxylation sites is 1. The normalized spacial score (nSPS) is 11.4. The summed E-state index contributed by atoms with van der Waals surface area (Å²) >= 11 is 3.33. The molecule has 0 bridgehead atoms. The second kappa shape index (κ2) is 6.99. The molecule has 1 N–H and O–H groups in total. The molecular weight excluding hydrogens is 411 g/mol. The van der Waals surface area contributed by atoms with Crippen LogP contribution in [0.15, 0.2) is 63.5 Å². The fourth-order valence-corrected chi connectivity index (χ4v) is 2.76. The molecule has 1 amide bonds. The summed E-state index contributed by atoms with van der Waals surface area (Å²) in [5.41, 5.74) is -0.260. The van der Waals surface area contributed by atoms with E-state index in [4.69, 9.17) is 4.42 Å². The number of halogens is 4. The van der Waals surface area contributed by atoms with E-state index >= 15 is 0 Å². The lowest BCUT2D eigenvalue weighted by atomic mass is 10.1. The zero-order valence-electron chi connectivity index (χ0n) is 13.5.